The lowest BCUT2D eigenvalue weighted by atomic mass is 10.1. The summed E-state index contributed by atoms with van der Waals surface area (Å²) in [7, 11) is -4.34. The summed E-state index contributed by atoms with van der Waals surface area (Å²) in [5.41, 5.74) is 4.28. The van der Waals surface area contributed by atoms with Crippen molar-refractivity contribution in [1.82, 2.24) is 20.6 Å². The number of carbonyl (C=O) groups excluding carboxylic acids is 2. The molecular weight excluding hydrogens is 853 g/mol. The number of benzene rings is 4. The SMILES string of the molecule is CC(C)(C)OC(=O)N[C@@H](Cc1ccc(NS(=O)(=O)O)cc1)c1nc(-c2ccccc2)cs1.CC(C)(C)OC(=O)N[C@@H](Cc1ccc([N+](=O)[O-])cc1)c1nc(-c2ccccc2)cs1. The largest absolute Gasteiger partial charge is 0.444 e. The first-order valence-corrected chi connectivity index (χ1v) is 22.5. The second-order valence-corrected chi connectivity index (χ2v) is 18.8. The van der Waals surface area contributed by atoms with Gasteiger partial charge in [-0.05, 0) is 77.6 Å². The Labute approximate surface area is 368 Å². The number of anilines is 1. The van der Waals surface area contributed by atoms with Gasteiger partial charge in [0.1, 0.15) is 21.2 Å². The molecule has 6 rings (SSSR count). The molecule has 0 radical (unpaired) electrons. The second-order valence-electron chi connectivity index (χ2n) is 15.9. The maximum Gasteiger partial charge on any atom is 0.408 e. The number of amides is 2. The summed E-state index contributed by atoms with van der Waals surface area (Å²) in [4.78, 5) is 44.8. The molecule has 2 atom stereocenters. The number of non-ortho nitro benzene ring substituents is 1. The number of ether oxygens (including phenoxy) is 2. The fourth-order valence-corrected chi connectivity index (χ4v) is 7.95. The third kappa shape index (κ3) is 15.4. The molecule has 0 saturated carbocycles. The number of nitro groups is 1. The van der Waals surface area contributed by atoms with Crippen LogP contribution in [0.1, 0.15) is 74.8 Å². The van der Waals surface area contributed by atoms with Crippen LogP contribution in [0.4, 0.5) is 21.0 Å². The van der Waals surface area contributed by atoms with Crippen LogP contribution in [0.2, 0.25) is 0 Å². The molecule has 0 aliphatic heterocycles. The summed E-state index contributed by atoms with van der Waals surface area (Å²) < 4.78 is 43.7. The molecule has 326 valence electrons. The predicted molar refractivity (Wildman–Crippen MR) is 241 cm³/mol. The van der Waals surface area contributed by atoms with E-state index >= 15 is 0 Å². The third-order valence-corrected chi connectivity index (χ3v) is 10.8. The van der Waals surface area contributed by atoms with Gasteiger partial charge in [0.05, 0.1) is 34.1 Å². The first-order chi connectivity index (χ1) is 29.2. The van der Waals surface area contributed by atoms with Crippen molar-refractivity contribution in [3.8, 4) is 22.5 Å². The molecule has 0 aliphatic rings. The van der Waals surface area contributed by atoms with E-state index in [-0.39, 0.29) is 11.4 Å². The Balaban J connectivity index is 0.000000235. The number of nitrogens with zero attached hydrogens (tertiary/aromatic N) is 3. The zero-order chi connectivity index (χ0) is 45.1. The van der Waals surface area contributed by atoms with E-state index in [1.165, 1.54) is 46.9 Å². The van der Waals surface area contributed by atoms with E-state index in [4.69, 9.17) is 24.0 Å². The summed E-state index contributed by atoms with van der Waals surface area (Å²) in [6.07, 6.45) is -0.249. The first kappa shape index (κ1) is 46.8. The van der Waals surface area contributed by atoms with Crippen LogP contribution in [0.5, 0.6) is 0 Å². The number of rotatable bonds is 13. The average molecular weight is 901 g/mol. The molecule has 62 heavy (non-hydrogen) atoms. The Kier molecular flexibility index (Phi) is 15.5. The number of nitrogens with one attached hydrogen (secondary N) is 3. The molecule has 6 aromatic rings. The number of aromatic nitrogens is 2. The van der Waals surface area contributed by atoms with Gasteiger partial charge >= 0.3 is 22.5 Å². The lowest BCUT2D eigenvalue weighted by molar-refractivity contribution is -0.384. The zero-order valence-corrected chi connectivity index (χ0v) is 37.3. The summed E-state index contributed by atoms with van der Waals surface area (Å²) in [6, 6.07) is 31.4. The molecular formula is C44H48N6O9S3. The maximum absolute atomic E-state index is 12.5. The van der Waals surface area contributed by atoms with Gasteiger partial charge in [-0.1, -0.05) is 84.9 Å². The van der Waals surface area contributed by atoms with Crippen LogP contribution in [0.25, 0.3) is 22.5 Å². The molecule has 2 amide bonds. The Morgan fingerprint density at radius 3 is 1.42 bits per heavy atom. The summed E-state index contributed by atoms with van der Waals surface area (Å²) in [5.74, 6) is 0. The molecule has 0 spiro atoms. The van der Waals surface area contributed by atoms with Crippen molar-refractivity contribution in [3.63, 3.8) is 0 Å². The third-order valence-electron chi connectivity index (χ3n) is 8.39. The minimum absolute atomic E-state index is 0.0241. The zero-order valence-electron chi connectivity index (χ0n) is 34.9. The first-order valence-electron chi connectivity index (χ1n) is 19.3. The van der Waals surface area contributed by atoms with Crippen LogP contribution in [0.3, 0.4) is 0 Å². The molecule has 0 saturated heterocycles. The van der Waals surface area contributed by atoms with Gasteiger partial charge in [-0.2, -0.15) is 8.42 Å². The van der Waals surface area contributed by atoms with E-state index in [9.17, 15) is 28.1 Å². The fraction of sp³-hybridized carbons (Fsp3) is 0.273. The van der Waals surface area contributed by atoms with Crippen LogP contribution in [0.15, 0.2) is 120 Å². The summed E-state index contributed by atoms with van der Waals surface area (Å²) >= 11 is 2.89. The van der Waals surface area contributed by atoms with Gasteiger partial charge in [-0.15, -0.1) is 22.7 Å². The highest BCUT2D eigenvalue weighted by Crippen LogP contribution is 2.30. The van der Waals surface area contributed by atoms with Gasteiger partial charge in [-0.3, -0.25) is 19.4 Å². The van der Waals surface area contributed by atoms with Crippen molar-refractivity contribution in [2.24, 2.45) is 0 Å². The van der Waals surface area contributed by atoms with Gasteiger partial charge in [0.15, 0.2) is 0 Å². The average Bonchev–Trinajstić information content (AvgIpc) is 3.89. The Morgan fingerprint density at radius 1 is 0.677 bits per heavy atom. The Morgan fingerprint density at radius 2 is 1.06 bits per heavy atom. The topological polar surface area (TPSA) is 212 Å². The van der Waals surface area contributed by atoms with Crippen molar-refractivity contribution < 1.29 is 37.0 Å². The number of thiazole rings is 2. The van der Waals surface area contributed by atoms with Crippen LogP contribution < -0.4 is 15.4 Å². The Hall–Kier alpha value is -6.21. The lowest BCUT2D eigenvalue weighted by Gasteiger charge is -2.23. The summed E-state index contributed by atoms with van der Waals surface area (Å²) in [6.45, 7) is 10.8. The van der Waals surface area contributed by atoms with Gasteiger partial charge in [0.2, 0.25) is 0 Å². The van der Waals surface area contributed by atoms with Crippen LogP contribution in [-0.2, 0) is 32.6 Å². The van der Waals surface area contributed by atoms with E-state index in [0.29, 0.717) is 12.8 Å². The van der Waals surface area contributed by atoms with Crippen LogP contribution >= 0.6 is 22.7 Å². The molecule has 4 N–H and O–H groups in total. The molecule has 2 heterocycles. The van der Waals surface area contributed by atoms with E-state index in [0.717, 1.165) is 43.7 Å². The molecule has 2 aromatic heterocycles. The van der Waals surface area contributed by atoms with E-state index in [1.54, 1.807) is 65.8 Å². The fourth-order valence-electron chi connectivity index (χ4n) is 5.76. The van der Waals surface area contributed by atoms with Crippen molar-refractivity contribution >= 4 is 56.5 Å². The van der Waals surface area contributed by atoms with Crippen molar-refractivity contribution in [3.05, 3.63) is 151 Å². The number of alkyl carbamates (subject to hydrolysis) is 2. The van der Waals surface area contributed by atoms with Crippen molar-refractivity contribution in [1.29, 1.82) is 0 Å². The molecule has 15 nitrogen and oxygen atoms in total. The number of nitro benzene ring substituents is 1. The number of hydrogen-bond donors (Lipinski definition) is 4. The lowest BCUT2D eigenvalue weighted by Crippen LogP contribution is -2.35. The van der Waals surface area contributed by atoms with Gasteiger partial charge in [-0.25, -0.2) is 19.6 Å². The van der Waals surface area contributed by atoms with Crippen LogP contribution in [-0.4, -0.2) is 51.3 Å². The second kappa shape index (κ2) is 20.6. The minimum atomic E-state index is -4.34. The summed E-state index contributed by atoms with van der Waals surface area (Å²) in [5, 5.41) is 22.0. The van der Waals surface area contributed by atoms with Crippen LogP contribution in [0, 0.1) is 10.1 Å². The van der Waals surface area contributed by atoms with E-state index < -0.39 is 50.7 Å². The molecule has 4 aromatic carbocycles. The van der Waals surface area contributed by atoms with Crippen molar-refractivity contribution in [2.45, 2.75) is 77.7 Å². The monoisotopic (exact) mass is 900 g/mol. The normalized spacial score (nSPS) is 12.5. The highest BCUT2D eigenvalue weighted by molar-refractivity contribution is 7.87. The smallest absolute Gasteiger partial charge is 0.408 e. The van der Waals surface area contributed by atoms with Crippen molar-refractivity contribution in [2.75, 3.05) is 4.72 Å². The highest BCUT2D eigenvalue weighted by atomic mass is 32.2. The van der Waals surface area contributed by atoms with E-state index in [2.05, 4.69) is 10.6 Å². The minimum Gasteiger partial charge on any atom is -0.444 e. The maximum atomic E-state index is 12.5. The van der Waals surface area contributed by atoms with Gasteiger partial charge in [0, 0.05) is 34.0 Å². The molecule has 0 unspecified atom stereocenters. The molecule has 0 aliphatic carbocycles. The van der Waals surface area contributed by atoms with Gasteiger partial charge in [0.25, 0.3) is 5.69 Å². The predicted octanol–water partition coefficient (Wildman–Crippen LogP) is 10.4. The van der Waals surface area contributed by atoms with Gasteiger partial charge < -0.3 is 20.1 Å². The Bertz CT molecular complexity index is 2520. The quantitative estimate of drug-likeness (QED) is 0.0486. The number of hydrogen-bond acceptors (Lipinski definition) is 12. The number of carbonyl (C=O) groups is 2. The standard InChI is InChI=1S/C22H25N3O5S2.C22H23N3O4S/c1-22(2,3)30-21(26)24-18(13-15-9-11-17(12-10-15)25-32(27,28)29)20-23-19(14-31-20)16-7-5-4-6-8-16;1-22(2,3)29-21(26)24-18(13-15-9-11-17(12-10-15)25(27)28)20-23-19(14-30-20)16-7-5-4-6-8-16/h4-12,14,18,25H,13H2,1-3H3,(H,24,26)(H,27,28,29);4-12,14,18H,13H2,1-3H3,(H,24,26)/t2*18-/m00/s1. The molecule has 0 fully saturated rings. The van der Waals surface area contributed by atoms with E-state index in [1.807, 2.05) is 76.1 Å². The molecule has 0 bridgehead atoms. The molecule has 18 heteroatoms. The highest BCUT2D eigenvalue weighted by Gasteiger charge is 2.25.